The maximum absolute atomic E-state index is 12.8. The number of hydrogen-bond donors (Lipinski definition) is 0. The number of nitrogens with zero attached hydrogens (tertiary/aromatic N) is 3. The van der Waals surface area contributed by atoms with E-state index in [0.29, 0.717) is 13.1 Å². The van der Waals surface area contributed by atoms with Crippen molar-refractivity contribution in [1.29, 1.82) is 0 Å². The highest BCUT2D eigenvalue weighted by molar-refractivity contribution is 6.31. The monoisotopic (exact) mass is 389 g/mol. The second-order valence-corrected chi connectivity index (χ2v) is 6.79. The average molecular weight is 390 g/mol. The molecule has 0 unspecified atom stereocenters. The number of nitro groups is 1. The number of fused-ring (bicyclic) bond motifs is 1. The Bertz CT molecular complexity index is 874. The number of likely N-dealkylation sites (N-methyl/N-ethyl adjacent to an activating group) is 2. The summed E-state index contributed by atoms with van der Waals surface area (Å²) < 4.78 is 6.03. The van der Waals surface area contributed by atoms with Gasteiger partial charge in [0, 0.05) is 24.7 Å². The van der Waals surface area contributed by atoms with Gasteiger partial charge >= 0.3 is 0 Å². The number of ether oxygens (including phenoxy) is 1. The second-order valence-electron chi connectivity index (χ2n) is 6.35. The van der Waals surface area contributed by atoms with Gasteiger partial charge in [0.05, 0.1) is 23.7 Å². The minimum absolute atomic E-state index is 0.00968. The van der Waals surface area contributed by atoms with Gasteiger partial charge in [-0.25, -0.2) is 0 Å². The van der Waals surface area contributed by atoms with E-state index >= 15 is 0 Å². The Morgan fingerprint density at radius 3 is 2.81 bits per heavy atom. The lowest BCUT2D eigenvalue weighted by Gasteiger charge is -2.37. The van der Waals surface area contributed by atoms with E-state index in [9.17, 15) is 14.9 Å². The van der Waals surface area contributed by atoms with Crippen LogP contribution in [0.15, 0.2) is 42.5 Å². The SMILES string of the molecule is CCN1C[C@H](CN(C)C(=O)c2ccc(Cl)cc2[N+](=O)[O-])Oc2ccccc21. The van der Waals surface area contributed by atoms with Gasteiger partial charge in [-0.1, -0.05) is 23.7 Å². The van der Waals surface area contributed by atoms with E-state index in [1.54, 1.807) is 7.05 Å². The lowest BCUT2D eigenvalue weighted by Crippen LogP contribution is -2.46. The van der Waals surface area contributed by atoms with Gasteiger partial charge in [0.15, 0.2) is 0 Å². The summed E-state index contributed by atoms with van der Waals surface area (Å²) in [7, 11) is 1.61. The first kappa shape index (κ1) is 19.0. The first-order chi connectivity index (χ1) is 12.9. The summed E-state index contributed by atoms with van der Waals surface area (Å²) in [5.41, 5.74) is 0.735. The zero-order valence-corrected chi connectivity index (χ0v) is 15.8. The topological polar surface area (TPSA) is 75.9 Å². The molecule has 1 amide bonds. The number of amides is 1. The summed E-state index contributed by atoms with van der Waals surface area (Å²) in [6.07, 6.45) is -0.236. The third kappa shape index (κ3) is 3.98. The van der Waals surface area contributed by atoms with Crippen LogP contribution in [-0.4, -0.2) is 48.5 Å². The van der Waals surface area contributed by atoms with Gasteiger partial charge in [0.2, 0.25) is 0 Å². The van der Waals surface area contributed by atoms with Gasteiger partial charge in [-0.05, 0) is 31.2 Å². The van der Waals surface area contributed by atoms with Crippen LogP contribution in [0.5, 0.6) is 5.75 Å². The Morgan fingerprint density at radius 2 is 2.11 bits per heavy atom. The van der Waals surface area contributed by atoms with Gasteiger partial charge in [-0.2, -0.15) is 0 Å². The van der Waals surface area contributed by atoms with Crippen molar-refractivity contribution in [2.75, 3.05) is 31.6 Å². The smallest absolute Gasteiger partial charge is 0.283 e. The van der Waals surface area contributed by atoms with Crippen molar-refractivity contribution >= 4 is 28.9 Å². The first-order valence-corrected chi connectivity index (χ1v) is 8.98. The highest BCUT2D eigenvalue weighted by Gasteiger charge is 2.29. The zero-order valence-electron chi connectivity index (χ0n) is 15.1. The Kier molecular flexibility index (Phi) is 5.51. The number of benzene rings is 2. The normalized spacial score (nSPS) is 15.7. The van der Waals surface area contributed by atoms with Crippen molar-refractivity contribution in [3.05, 3.63) is 63.2 Å². The van der Waals surface area contributed by atoms with Crippen molar-refractivity contribution < 1.29 is 14.5 Å². The molecule has 0 aromatic heterocycles. The number of carbonyl (C=O) groups excluding carboxylic acids is 1. The van der Waals surface area contributed by atoms with Crippen molar-refractivity contribution in [2.24, 2.45) is 0 Å². The molecular weight excluding hydrogens is 370 g/mol. The number of para-hydroxylation sites is 2. The van der Waals surface area contributed by atoms with Crippen LogP contribution in [0.2, 0.25) is 5.02 Å². The van der Waals surface area contributed by atoms with Crippen LogP contribution in [0.25, 0.3) is 0 Å². The fourth-order valence-corrected chi connectivity index (χ4v) is 3.37. The van der Waals surface area contributed by atoms with Gasteiger partial charge < -0.3 is 14.5 Å². The third-order valence-electron chi connectivity index (χ3n) is 4.52. The molecule has 0 bridgehead atoms. The van der Waals surface area contributed by atoms with Crippen molar-refractivity contribution in [3.8, 4) is 5.75 Å². The van der Waals surface area contributed by atoms with E-state index in [2.05, 4.69) is 11.8 Å². The van der Waals surface area contributed by atoms with E-state index < -0.39 is 10.8 Å². The predicted molar refractivity (Wildman–Crippen MR) is 104 cm³/mol. The van der Waals surface area contributed by atoms with E-state index in [1.165, 1.54) is 23.1 Å². The number of nitro benzene ring substituents is 1. The van der Waals surface area contributed by atoms with Crippen LogP contribution in [0.1, 0.15) is 17.3 Å². The standard InChI is InChI=1S/C19H20ClN3O4/c1-3-22-12-14(27-18-7-5-4-6-16(18)22)11-21(2)19(24)15-9-8-13(20)10-17(15)23(25)26/h4-10,14H,3,11-12H2,1-2H3/t14-/m0/s1. The maximum Gasteiger partial charge on any atom is 0.283 e. The van der Waals surface area contributed by atoms with Crippen LogP contribution in [0, 0.1) is 10.1 Å². The van der Waals surface area contributed by atoms with E-state index in [0.717, 1.165) is 18.0 Å². The zero-order chi connectivity index (χ0) is 19.6. The lowest BCUT2D eigenvalue weighted by molar-refractivity contribution is -0.385. The number of rotatable bonds is 5. The number of anilines is 1. The molecule has 0 N–H and O–H groups in total. The maximum atomic E-state index is 12.8. The molecule has 1 heterocycles. The summed E-state index contributed by atoms with van der Waals surface area (Å²) in [5.74, 6) is 0.331. The molecule has 1 atom stereocenters. The molecule has 0 saturated heterocycles. The third-order valence-corrected chi connectivity index (χ3v) is 4.75. The largest absolute Gasteiger partial charge is 0.485 e. The Morgan fingerprint density at radius 1 is 1.37 bits per heavy atom. The van der Waals surface area contributed by atoms with E-state index in [-0.39, 0.29) is 22.4 Å². The molecule has 0 fully saturated rings. The highest BCUT2D eigenvalue weighted by atomic mass is 35.5. The van der Waals surface area contributed by atoms with Crippen molar-refractivity contribution in [3.63, 3.8) is 0 Å². The average Bonchev–Trinajstić information content (AvgIpc) is 2.66. The molecule has 142 valence electrons. The van der Waals surface area contributed by atoms with Gasteiger partial charge in [-0.3, -0.25) is 14.9 Å². The molecule has 0 aliphatic carbocycles. The van der Waals surface area contributed by atoms with Crippen LogP contribution in [0.3, 0.4) is 0 Å². The molecule has 1 aliphatic heterocycles. The second kappa shape index (κ2) is 7.84. The predicted octanol–water partition coefficient (Wildman–Crippen LogP) is 3.61. The number of carbonyl (C=O) groups is 1. The summed E-state index contributed by atoms with van der Waals surface area (Å²) in [6, 6.07) is 11.8. The molecule has 3 rings (SSSR count). The molecule has 0 saturated carbocycles. The quantitative estimate of drug-likeness (QED) is 0.576. The van der Waals surface area contributed by atoms with Crippen LogP contribution in [0.4, 0.5) is 11.4 Å². The minimum Gasteiger partial charge on any atom is -0.485 e. The summed E-state index contributed by atoms with van der Waals surface area (Å²) in [4.78, 5) is 27.1. The van der Waals surface area contributed by atoms with Crippen molar-refractivity contribution in [1.82, 2.24) is 4.90 Å². The summed E-state index contributed by atoms with van der Waals surface area (Å²) >= 11 is 5.83. The Balaban J connectivity index is 1.77. The number of hydrogen-bond acceptors (Lipinski definition) is 5. The van der Waals surface area contributed by atoms with Crippen LogP contribution < -0.4 is 9.64 Å². The van der Waals surface area contributed by atoms with Crippen LogP contribution in [-0.2, 0) is 0 Å². The molecule has 7 nitrogen and oxygen atoms in total. The molecule has 2 aromatic carbocycles. The highest BCUT2D eigenvalue weighted by Crippen LogP contribution is 2.33. The van der Waals surface area contributed by atoms with Gasteiger partial charge in [0.1, 0.15) is 17.4 Å². The fraction of sp³-hybridized carbons (Fsp3) is 0.316. The van der Waals surface area contributed by atoms with Gasteiger partial charge in [0.25, 0.3) is 11.6 Å². The summed E-state index contributed by atoms with van der Waals surface area (Å²) in [6.45, 7) is 3.82. The molecule has 27 heavy (non-hydrogen) atoms. The minimum atomic E-state index is -0.598. The molecular formula is C19H20ClN3O4. The molecule has 1 aliphatic rings. The summed E-state index contributed by atoms with van der Waals surface area (Å²) in [5, 5.41) is 11.5. The lowest BCUT2D eigenvalue weighted by atomic mass is 10.1. The van der Waals surface area contributed by atoms with Crippen LogP contribution >= 0.6 is 11.6 Å². The molecule has 0 radical (unpaired) electrons. The Labute approximate surface area is 162 Å². The van der Waals surface area contributed by atoms with Gasteiger partial charge in [-0.15, -0.1) is 0 Å². The first-order valence-electron chi connectivity index (χ1n) is 8.60. The molecule has 8 heteroatoms. The molecule has 0 spiro atoms. The Hall–Kier alpha value is -2.80. The molecule has 2 aromatic rings. The van der Waals surface area contributed by atoms with E-state index in [4.69, 9.17) is 16.3 Å². The van der Waals surface area contributed by atoms with E-state index in [1.807, 2.05) is 24.3 Å². The fourth-order valence-electron chi connectivity index (χ4n) is 3.20. The number of halogens is 1. The van der Waals surface area contributed by atoms with Crippen molar-refractivity contribution in [2.45, 2.75) is 13.0 Å².